The van der Waals surface area contributed by atoms with E-state index in [9.17, 15) is 4.79 Å². The lowest BCUT2D eigenvalue weighted by molar-refractivity contribution is -0.145. The molecule has 3 unspecified atom stereocenters. The van der Waals surface area contributed by atoms with Crippen LogP contribution in [0.2, 0.25) is 0 Å². The van der Waals surface area contributed by atoms with Crippen LogP contribution in [0.5, 0.6) is 0 Å². The van der Waals surface area contributed by atoms with E-state index in [4.69, 9.17) is 4.74 Å². The largest absolute Gasteiger partial charge is 0.466 e. The van der Waals surface area contributed by atoms with Crippen molar-refractivity contribution in [1.29, 1.82) is 0 Å². The van der Waals surface area contributed by atoms with Gasteiger partial charge in [-0.3, -0.25) is 4.79 Å². The number of benzene rings is 1. The second kappa shape index (κ2) is 4.64. The van der Waals surface area contributed by atoms with Gasteiger partial charge in [-0.05, 0) is 29.9 Å². The Morgan fingerprint density at radius 2 is 1.67 bits per heavy atom. The predicted octanol–water partition coefficient (Wildman–Crippen LogP) is 4.00. The average molecular weight is 374 g/mol. The molecule has 1 saturated carbocycles. The Kier molecular flexibility index (Phi) is 3.27. The van der Waals surface area contributed by atoms with Crippen LogP contribution in [-0.4, -0.2) is 12.6 Å². The van der Waals surface area contributed by atoms with E-state index in [1.807, 2.05) is 6.92 Å². The quantitative estimate of drug-likeness (QED) is 0.578. The number of hydrogen-bond donors (Lipinski definition) is 0. The lowest BCUT2D eigenvalue weighted by Gasteiger charge is -2.24. The standard InChI is InChI=1S/C14H14Br2O2/c1-2-18-14(17)11-9-10(11)13(16)8-6-4-3-5-7(8)12(9)15/h3-6,9-13H,2H2,1H3/t9?,10?,11?,12-,13+. The van der Waals surface area contributed by atoms with Gasteiger partial charge in [0.15, 0.2) is 0 Å². The van der Waals surface area contributed by atoms with Crippen LogP contribution in [0, 0.1) is 17.8 Å². The lowest BCUT2D eigenvalue weighted by atomic mass is 9.92. The van der Waals surface area contributed by atoms with E-state index < -0.39 is 0 Å². The van der Waals surface area contributed by atoms with Crippen LogP contribution in [0.1, 0.15) is 27.7 Å². The highest BCUT2D eigenvalue weighted by atomic mass is 79.9. The lowest BCUT2D eigenvalue weighted by Crippen LogP contribution is -2.09. The van der Waals surface area contributed by atoms with Crippen LogP contribution in [0.4, 0.5) is 0 Å². The summed E-state index contributed by atoms with van der Waals surface area (Å²) in [5.74, 6) is 0.715. The molecule has 0 amide bonds. The van der Waals surface area contributed by atoms with Crippen molar-refractivity contribution in [3.63, 3.8) is 0 Å². The number of halogens is 2. The highest BCUT2D eigenvalue weighted by Gasteiger charge is 2.64. The second-order valence-electron chi connectivity index (χ2n) is 4.86. The van der Waals surface area contributed by atoms with Crippen molar-refractivity contribution in [2.45, 2.75) is 16.6 Å². The van der Waals surface area contributed by atoms with Crippen molar-refractivity contribution < 1.29 is 9.53 Å². The molecule has 0 saturated heterocycles. The van der Waals surface area contributed by atoms with Gasteiger partial charge in [0.05, 0.1) is 12.5 Å². The van der Waals surface area contributed by atoms with E-state index in [1.165, 1.54) is 11.1 Å². The number of fused-ring (bicyclic) bond motifs is 2. The summed E-state index contributed by atoms with van der Waals surface area (Å²) < 4.78 is 5.17. The molecule has 1 aromatic carbocycles. The minimum absolute atomic E-state index is 0.0334. The molecule has 2 aliphatic rings. The molecule has 0 heterocycles. The van der Waals surface area contributed by atoms with Gasteiger partial charge >= 0.3 is 5.97 Å². The van der Waals surface area contributed by atoms with Gasteiger partial charge < -0.3 is 4.74 Å². The van der Waals surface area contributed by atoms with Gasteiger partial charge in [-0.1, -0.05) is 56.1 Å². The van der Waals surface area contributed by atoms with Crippen LogP contribution in [0.3, 0.4) is 0 Å². The van der Waals surface area contributed by atoms with Crippen LogP contribution in [-0.2, 0) is 9.53 Å². The van der Waals surface area contributed by atoms with Gasteiger partial charge in [0.25, 0.3) is 0 Å². The molecule has 3 rings (SSSR count). The van der Waals surface area contributed by atoms with Crippen molar-refractivity contribution in [2.24, 2.45) is 17.8 Å². The fourth-order valence-corrected chi connectivity index (χ4v) is 5.29. The summed E-state index contributed by atoms with van der Waals surface area (Å²) >= 11 is 7.51. The molecule has 1 fully saturated rings. The number of ether oxygens (including phenoxy) is 1. The van der Waals surface area contributed by atoms with E-state index in [-0.39, 0.29) is 21.5 Å². The molecule has 4 heteroatoms. The molecule has 2 aliphatic carbocycles. The summed E-state index contributed by atoms with van der Waals surface area (Å²) in [4.78, 5) is 12.5. The summed E-state index contributed by atoms with van der Waals surface area (Å²) in [5, 5.41) is 0. The molecule has 96 valence electrons. The van der Waals surface area contributed by atoms with E-state index in [0.717, 1.165) is 0 Å². The van der Waals surface area contributed by atoms with E-state index in [2.05, 4.69) is 56.1 Å². The minimum atomic E-state index is -0.0470. The summed E-state index contributed by atoms with van der Waals surface area (Å²) in [7, 11) is 0. The second-order valence-corrected chi connectivity index (χ2v) is 6.84. The monoisotopic (exact) mass is 372 g/mol. The third-order valence-electron chi connectivity index (χ3n) is 3.96. The smallest absolute Gasteiger partial charge is 0.309 e. The van der Waals surface area contributed by atoms with Gasteiger partial charge in [-0.2, -0.15) is 0 Å². The third-order valence-corrected chi connectivity index (χ3v) is 6.17. The zero-order valence-corrected chi connectivity index (χ0v) is 13.1. The Bertz CT molecular complexity index is 453. The zero-order valence-electron chi connectivity index (χ0n) is 9.98. The topological polar surface area (TPSA) is 26.3 Å². The number of esters is 1. The molecule has 5 atom stereocenters. The molecule has 0 N–H and O–H groups in total. The molecule has 1 aromatic rings. The summed E-state index contributed by atoms with van der Waals surface area (Å²) in [6.07, 6.45) is 0. The SMILES string of the molecule is CCOC(=O)C1C2C1[C@@H](Br)c1ccccc1[C@H]2Br. The van der Waals surface area contributed by atoms with Gasteiger partial charge in [-0.15, -0.1) is 0 Å². The Hall–Kier alpha value is -0.350. The van der Waals surface area contributed by atoms with Gasteiger partial charge in [0, 0.05) is 9.65 Å². The van der Waals surface area contributed by atoms with Crippen molar-refractivity contribution >= 4 is 37.8 Å². The number of carbonyl (C=O) groups is 1. The number of rotatable bonds is 2. The van der Waals surface area contributed by atoms with E-state index >= 15 is 0 Å². The maximum Gasteiger partial charge on any atom is 0.309 e. The third kappa shape index (κ3) is 1.76. The molecule has 0 radical (unpaired) electrons. The molecule has 0 aromatic heterocycles. The number of carbonyl (C=O) groups excluding carboxylic acids is 1. The Labute approximate surface area is 123 Å². The molecule has 0 spiro atoms. The average Bonchev–Trinajstić information content (AvgIpc) is 3.12. The maximum absolute atomic E-state index is 12.0. The van der Waals surface area contributed by atoms with Crippen molar-refractivity contribution in [3.8, 4) is 0 Å². The first kappa shape index (κ1) is 12.7. The summed E-state index contributed by atoms with van der Waals surface area (Å²) in [5.41, 5.74) is 2.60. The molecule has 18 heavy (non-hydrogen) atoms. The highest BCUT2D eigenvalue weighted by Crippen LogP contribution is 2.68. The fraction of sp³-hybridized carbons (Fsp3) is 0.500. The van der Waals surface area contributed by atoms with Gasteiger partial charge in [0.1, 0.15) is 0 Å². The molecular weight excluding hydrogens is 360 g/mol. The highest BCUT2D eigenvalue weighted by molar-refractivity contribution is 9.09. The minimum Gasteiger partial charge on any atom is -0.466 e. The van der Waals surface area contributed by atoms with Crippen LogP contribution in [0.25, 0.3) is 0 Å². The first-order valence-electron chi connectivity index (χ1n) is 6.20. The predicted molar refractivity (Wildman–Crippen MR) is 76.9 cm³/mol. The fourth-order valence-electron chi connectivity index (χ4n) is 3.09. The first-order valence-corrected chi connectivity index (χ1v) is 8.03. The molecule has 0 bridgehead atoms. The van der Waals surface area contributed by atoms with Gasteiger partial charge in [-0.25, -0.2) is 0 Å². The van der Waals surface area contributed by atoms with Gasteiger partial charge in [0.2, 0.25) is 0 Å². The van der Waals surface area contributed by atoms with Crippen LogP contribution in [0.15, 0.2) is 24.3 Å². The Morgan fingerprint density at radius 3 is 2.11 bits per heavy atom. The normalized spacial score (nSPS) is 36.5. The Morgan fingerprint density at radius 1 is 1.17 bits per heavy atom. The molecule has 2 nitrogen and oxygen atoms in total. The van der Waals surface area contributed by atoms with E-state index in [0.29, 0.717) is 18.4 Å². The van der Waals surface area contributed by atoms with Crippen molar-refractivity contribution in [2.75, 3.05) is 6.61 Å². The summed E-state index contributed by atoms with van der Waals surface area (Å²) in [6, 6.07) is 8.38. The van der Waals surface area contributed by atoms with E-state index in [1.54, 1.807) is 0 Å². The van der Waals surface area contributed by atoms with Crippen LogP contribution >= 0.6 is 31.9 Å². The molecular formula is C14H14Br2O2. The summed E-state index contributed by atoms with van der Waals surface area (Å²) in [6.45, 7) is 2.32. The van der Waals surface area contributed by atoms with Crippen molar-refractivity contribution in [1.82, 2.24) is 0 Å². The first-order chi connectivity index (χ1) is 8.66. The molecule has 0 aliphatic heterocycles. The Balaban J connectivity index is 1.91. The van der Waals surface area contributed by atoms with Crippen molar-refractivity contribution in [3.05, 3.63) is 35.4 Å². The van der Waals surface area contributed by atoms with Crippen LogP contribution < -0.4 is 0 Å². The zero-order chi connectivity index (χ0) is 12.9. The number of hydrogen-bond acceptors (Lipinski definition) is 2. The number of alkyl halides is 2. The maximum atomic E-state index is 12.0.